The van der Waals surface area contributed by atoms with Crippen LogP contribution in [-0.2, 0) is 21.2 Å². The SMILES string of the molecule is Cc1ccc(F)cc1S(=O)(=O)Nc1nc(CC(=O)O)cs1. The van der Waals surface area contributed by atoms with Crippen LogP contribution >= 0.6 is 11.3 Å². The third kappa shape index (κ3) is 3.76. The number of aliphatic carboxylic acids is 1. The molecule has 6 nitrogen and oxygen atoms in total. The summed E-state index contributed by atoms with van der Waals surface area (Å²) in [7, 11) is -3.97. The predicted molar refractivity (Wildman–Crippen MR) is 75.4 cm³/mol. The Kier molecular flexibility index (Phi) is 4.24. The van der Waals surface area contributed by atoms with E-state index in [0.717, 1.165) is 17.4 Å². The van der Waals surface area contributed by atoms with Gasteiger partial charge < -0.3 is 5.11 Å². The van der Waals surface area contributed by atoms with Gasteiger partial charge in [-0.25, -0.2) is 17.8 Å². The molecule has 0 radical (unpaired) electrons. The zero-order valence-corrected chi connectivity index (χ0v) is 12.5. The fourth-order valence-electron chi connectivity index (χ4n) is 1.62. The van der Waals surface area contributed by atoms with Crippen molar-refractivity contribution >= 4 is 32.5 Å². The maximum atomic E-state index is 13.2. The minimum Gasteiger partial charge on any atom is -0.481 e. The fraction of sp³-hybridized carbons (Fsp3) is 0.167. The lowest BCUT2D eigenvalue weighted by atomic mass is 10.2. The quantitative estimate of drug-likeness (QED) is 0.874. The minimum atomic E-state index is -3.97. The third-order valence-corrected chi connectivity index (χ3v) is 4.96. The highest BCUT2D eigenvalue weighted by Gasteiger charge is 2.19. The first-order chi connectivity index (χ1) is 9.78. The molecule has 0 bridgehead atoms. The molecule has 0 aliphatic carbocycles. The van der Waals surface area contributed by atoms with Gasteiger partial charge in [-0.2, -0.15) is 0 Å². The summed E-state index contributed by atoms with van der Waals surface area (Å²) in [6.45, 7) is 1.55. The van der Waals surface area contributed by atoms with Crippen molar-refractivity contribution in [2.24, 2.45) is 0 Å². The van der Waals surface area contributed by atoms with Gasteiger partial charge in [0.25, 0.3) is 10.0 Å². The number of benzene rings is 1. The van der Waals surface area contributed by atoms with Gasteiger partial charge in [-0.05, 0) is 24.6 Å². The summed E-state index contributed by atoms with van der Waals surface area (Å²) in [5.74, 6) is -1.72. The molecule has 0 spiro atoms. The van der Waals surface area contributed by atoms with E-state index in [9.17, 15) is 17.6 Å². The molecule has 21 heavy (non-hydrogen) atoms. The Hall–Kier alpha value is -2.00. The number of nitrogens with one attached hydrogen (secondary N) is 1. The standard InChI is InChI=1S/C12H11FN2O4S2/c1-7-2-3-8(13)4-10(7)21(18,19)15-12-14-9(6-20-12)5-11(16)17/h2-4,6H,5H2,1H3,(H,14,15)(H,16,17). The monoisotopic (exact) mass is 330 g/mol. The van der Waals surface area contributed by atoms with E-state index in [1.54, 1.807) is 6.92 Å². The lowest BCUT2D eigenvalue weighted by Gasteiger charge is -2.08. The Morgan fingerprint density at radius 3 is 2.86 bits per heavy atom. The molecule has 0 aliphatic rings. The molecule has 0 fully saturated rings. The van der Waals surface area contributed by atoms with Crippen molar-refractivity contribution in [2.45, 2.75) is 18.2 Å². The molecule has 112 valence electrons. The summed E-state index contributed by atoms with van der Waals surface area (Å²) < 4.78 is 39.8. The number of carboxylic acids is 1. The molecule has 2 aromatic rings. The number of carbonyl (C=O) groups is 1. The summed E-state index contributed by atoms with van der Waals surface area (Å²) in [5.41, 5.74) is 0.646. The molecule has 1 heterocycles. The molecule has 0 aliphatic heterocycles. The van der Waals surface area contributed by atoms with Crippen LogP contribution in [0.4, 0.5) is 9.52 Å². The van der Waals surface area contributed by atoms with Crippen LogP contribution in [0.5, 0.6) is 0 Å². The first-order valence-electron chi connectivity index (χ1n) is 5.73. The number of hydrogen-bond acceptors (Lipinski definition) is 5. The molecule has 0 unspecified atom stereocenters. The number of nitrogens with zero attached hydrogens (tertiary/aromatic N) is 1. The second kappa shape index (κ2) is 5.78. The van der Waals surface area contributed by atoms with Crippen molar-refractivity contribution < 1.29 is 22.7 Å². The van der Waals surface area contributed by atoms with Crippen LogP contribution in [-0.4, -0.2) is 24.5 Å². The smallest absolute Gasteiger partial charge is 0.309 e. The first-order valence-corrected chi connectivity index (χ1v) is 8.09. The van der Waals surface area contributed by atoms with Gasteiger partial charge in [-0.3, -0.25) is 9.52 Å². The van der Waals surface area contributed by atoms with E-state index in [1.165, 1.54) is 17.5 Å². The Balaban J connectivity index is 2.27. The number of sulfonamides is 1. The van der Waals surface area contributed by atoms with Crippen LogP contribution in [0, 0.1) is 12.7 Å². The normalized spacial score (nSPS) is 11.3. The predicted octanol–water partition coefficient (Wildman–Crippen LogP) is 2.02. The van der Waals surface area contributed by atoms with Gasteiger partial charge in [-0.15, -0.1) is 11.3 Å². The third-order valence-electron chi connectivity index (χ3n) is 2.55. The van der Waals surface area contributed by atoms with E-state index in [-0.39, 0.29) is 22.1 Å². The largest absolute Gasteiger partial charge is 0.481 e. The van der Waals surface area contributed by atoms with Crippen LogP contribution in [0.3, 0.4) is 0 Å². The molecule has 2 rings (SSSR count). The van der Waals surface area contributed by atoms with E-state index < -0.39 is 21.8 Å². The minimum absolute atomic E-state index is 0.0370. The Bertz CT molecular complexity index is 786. The lowest BCUT2D eigenvalue weighted by Crippen LogP contribution is -2.14. The first kappa shape index (κ1) is 15.4. The van der Waals surface area contributed by atoms with Gasteiger partial charge in [0.2, 0.25) is 0 Å². The zero-order chi connectivity index (χ0) is 15.6. The number of halogens is 1. The highest BCUT2D eigenvalue weighted by molar-refractivity contribution is 7.93. The van der Waals surface area contributed by atoms with Crippen molar-refractivity contribution in [3.63, 3.8) is 0 Å². The molecule has 1 aromatic heterocycles. The maximum Gasteiger partial charge on any atom is 0.309 e. The summed E-state index contributed by atoms with van der Waals surface area (Å²) in [6.07, 6.45) is -0.294. The summed E-state index contributed by atoms with van der Waals surface area (Å²) >= 11 is 0.965. The van der Waals surface area contributed by atoms with Gasteiger partial charge >= 0.3 is 5.97 Å². The second-order valence-corrected chi connectivity index (χ2v) is 6.74. The van der Waals surface area contributed by atoms with Crippen molar-refractivity contribution in [2.75, 3.05) is 4.72 Å². The van der Waals surface area contributed by atoms with Crippen LogP contribution in [0.15, 0.2) is 28.5 Å². The van der Waals surface area contributed by atoms with Crippen molar-refractivity contribution in [3.8, 4) is 0 Å². The fourth-order valence-corrected chi connectivity index (χ4v) is 3.84. The molecule has 9 heteroatoms. The molecule has 0 amide bonds. The average Bonchev–Trinajstić information content (AvgIpc) is 2.77. The zero-order valence-electron chi connectivity index (χ0n) is 10.8. The molecular weight excluding hydrogens is 319 g/mol. The van der Waals surface area contributed by atoms with Gasteiger partial charge in [0.1, 0.15) is 5.82 Å². The van der Waals surface area contributed by atoms with Crippen LogP contribution in [0.1, 0.15) is 11.3 Å². The Morgan fingerprint density at radius 2 is 2.19 bits per heavy atom. The number of anilines is 1. The molecule has 0 atom stereocenters. The molecule has 1 aromatic carbocycles. The average molecular weight is 330 g/mol. The highest BCUT2D eigenvalue weighted by Crippen LogP contribution is 2.23. The molecular formula is C12H11FN2O4S2. The number of aromatic nitrogens is 1. The van der Waals surface area contributed by atoms with Gasteiger partial charge in [0.05, 0.1) is 17.0 Å². The summed E-state index contributed by atoms with van der Waals surface area (Å²) in [5, 5.41) is 10.1. The van der Waals surface area contributed by atoms with Gasteiger partial charge in [0.15, 0.2) is 5.13 Å². The van der Waals surface area contributed by atoms with E-state index in [0.29, 0.717) is 5.56 Å². The summed E-state index contributed by atoms with van der Waals surface area (Å²) in [6, 6.07) is 3.45. The van der Waals surface area contributed by atoms with Crippen molar-refractivity contribution in [1.29, 1.82) is 0 Å². The van der Waals surface area contributed by atoms with Crippen LogP contribution in [0.25, 0.3) is 0 Å². The van der Waals surface area contributed by atoms with Gasteiger partial charge in [-0.1, -0.05) is 6.07 Å². The maximum absolute atomic E-state index is 13.2. The van der Waals surface area contributed by atoms with Crippen LogP contribution in [0.2, 0.25) is 0 Å². The molecule has 0 saturated carbocycles. The van der Waals surface area contributed by atoms with E-state index in [1.807, 2.05) is 0 Å². The summed E-state index contributed by atoms with van der Waals surface area (Å²) in [4.78, 5) is 14.2. The number of hydrogen-bond donors (Lipinski definition) is 2. The molecule has 2 N–H and O–H groups in total. The van der Waals surface area contributed by atoms with E-state index >= 15 is 0 Å². The van der Waals surface area contributed by atoms with Gasteiger partial charge in [0, 0.05) is 5.38 Å². The topological polar surface area (TPSA) is 96.4 Å². The number of thiazole rings is 1. The van der Waals surface area contributed by atoms with Crippen LogP contribution < -0.4 is 4.72 Å². The van der Waals surface area contributed by atoms with Crippen molar-refractivity contribution in [3.05, 3.63) is 40.7 Å². The highest BCUT2D eigenvalue weighted by atomic mass is 32.2. The second-order valence-electron chi connectivity index (χ2n) is 4.23. The van der Waals surface area contributed by atoms with Crippen molar-refractivity contribution in [1.82, 2.24) is 4.98 Å². The lowest BCUT2D eigenvalue weighted by molar-refractivity contribution is -0.136. The number of aryl methyl sites for hydroxylation is 1. The number of carboxylic acid groups (broad SMARTS) is 1. The number of rotatable bonds is 5. The molecule has 0 saturated heterocycles. The van der Waals surface area contributed by atoms with E-state index in [4.69, 9.17) is 5.11 Å². The Labute approximate surface area is 124 Å². The Morgan fingerprint density at radius 1 is 1.48 bits per heavy atom. The van der Waals surface area contributed by atoms with E-state index in [2.05, 4.69) is 9.71 Å².